The molecule has 8 nitrogen and oxygen atoms in total. The first kappa shape index (κ1) is 22.1. The fraction of sp³-hybridized carbons (Fsp3) is 0.417. The Balaban J connectivity index is 1.41. The van der Waals surface area contributed by atoms with Gasteiger partial charge in [0, 0.05) is 55.4 Å². The van der Waals surface area contributed by atoms with Crippen molar-refractivity contribution in [1.82, 2.24) is 18.8 Å². The molecule has 4 heterocycles. The van der Waals surface area contributed by atoms with Crippen molar-refractivity contribution < 1.29 is 13.2 Å². The van der Waals surface area contributed by atoms with E-state index >= 15 is 0 Å². The van der Waals surface area contributed by atoms with Crippen LogP contribution in [-0.2, 0) is 14.8 Å². The number of sulfonamides is 1. The minimum absolute atomic E-state index is 0.321. The molecular weight excluding hydrogens is 438 g/mol. The van der Waals surface area contributed by atoms with E-state index in [-0.39, 0.29) is 0 Å². The number of anilines is 2. The molecule has 9 heteroatoms. The van der Waals surface area contributed by atoms with Gasteiger partial charge in [-0.05, 0) is 63.4 Å². The molecule has 0 spiro atoms. The number of aromatic nitrogens is 3. The van der Waals surface area contributed by atoms with Crippen LogP contribution in [0.4, 0.5) is 11.5 Å². The van der Waals surface area contributed by atoms with Gasteiger partial charge < -0.3 is 14.6 Å². The molecule has 0 bridgehead atoms. The van der Waals surface area contributed by atoms with Crippen molar-refractivity contribution in [2.45, 2.75) is 44.0 Å². The molecule has 2 saturated heterocycles. The van der Waals surface area contributed by atoms with E-state index < -0.39 is 10.0 Å². The number of ether oxygens (including phenoxy) is 1. The Morgan fingerprint density at radius 1 is 1.03 bits per heavy atom. The van der Waals surface area contributed by atoms with E-state index in [0.29, 0.717) is 24.0 Å². The van der Waals surface area contributed by atoms with E-state index in [9.17, 15) is 8.42 Å². The molecule has 0 amide bonds. The first-order valence-electron chi connectivity index (χ1n) is 11.4. The lowest BCUT2D eigenvalue weighted by Gasteiger charge is -2.29. The number of rotatable bonds is 6. The fourth-order valence-electron chi connectivity index (χ4n) is 4.52. The molecular formula is C24H29N5O3S. The molecule has 0 radical (unpaired) electrons. The van der Waals surface area contributed by atoms with Gasteiger partial charge in [-0.2, -0.15) is 4.31 Å². The van der Waals surface area contributed by atoms with Crippen molar-refractivity contribution in [1.29, 1.82) is 0 Å². The number of imidazole rings is 1. The Kier molecular flexibility index (Phi) is 5.94. The number of benzene rings is 1. The summed E-state index contributed by atoms with van der Waals surface area (Å²) in [6.45, 7) is 6.83. The second-order valence-electron chi connectivity index (χ2n) is 8.64. The molecule has 2 aliphatic rings. The normalized spacial score (nSPS) is 17.6. The van der Waals surface area contributed by atoms with Crippen LogP contribution < -0.4 is 5.32 Å². The topological polar surface area (TPSA) is 89.3 Å². The average molecular weight is 468 g/mol. The van der Waals surface area contributed by atoms with Crippen LogP contribution in [0.2, 0.25) is 0 Å². The summed E-state index contributed by atoms with van der Waals surface area (Å²) in [5.74, 6) is 1.74. The molecule has 1 aromatic carbocycles. The summed E-state index contributed by atoms with van der Waals surface area (Å²) in [7, 11) is -3.38. The Morgan fingerprint density at radius 3 is 2.42 bits per heavy atom. The molecule has 2 fully saturated rings. The van der Waals surface area contributed by atoms with Crippen molar-refractivity contribution >= 4 is 21.5 Å². The van der Waals surface area contributed by atoms with E-state index in [4.69, 9.17) is 4.74 Å². The summed E-state index contributed by atoms with van der Waals surface area (Å²) < 4.78 is 34.5. The summed E-state index contributed by atoms with van der Waals surface area (Å²) in [6.07, 6.45) is 6.61. The van der Waals surface area contributed by atoms with Crippen LogP contribution in [0.3, 0.4) is 0 Å². The number of hydrogen-bond donors (Lipinski definition) is 1. The maximum absolute atomic E-state index is 12.6. The van der Waals surface area contributed by atoms with Crippen LogP contribution >= 0.6 is 0 Å². The lowest BCUT2D eigenvalue weighted by molar-refractivity contribution is 0.0694. The first-order chi connectivity index (χ1) is 15.9. The quantitative estimate of drug-likeness (QED) is 0.588. The highest BCUT2D eigenvalue weighted by Crippen LogP contribution is 2.34. The highest BCUT2D eigenvalue weighted by molar-refractivity contribution is 7.89. The molecule has 2 aromatic heterocycles. The lowest BCUT2D eigenvalue weighted by Crippen LogP contribution is -2.41. The summed E-state index contributed by atoms with van der Waals surface area (Å²) in [6, 6.07) is 9.28. The van der Waals surface area contributed by atoms with E-state index in [2.05, 4.69) is 19.9 Å². The first-order valence-corrected chi connectivity index (χ1v) is 12.8. The van der Waals surface area contributed by atoms with Crippen LogP contribution in [0.5, 0.6) is 0 Å². The fourth-order valence-corrected chi connectivity index (χ4v) is 6.04. The van der Waals surface area contributed by atoms with Crippen molar-refractivity contribution in [2.24, 2.45) is 0 Å². The third kappa shape index (κ3) is 4.16. The number of nitrogens with zero attached hydrogens (tertiary/aromatic N) is 4. The van der Waals surface area contributed by atoms with E-state index in [1.165, 1.54) is 4.31 Å². The highest BCUT2D eigenvalue weighted by atomic mass is 32.2. The van der Waals surface area contributed by atoms with Gasteiger partial charge in [-0.3, -0.25) is 0 Å². The second-order valence-corrected chi connectivity index (χ2v) is 10.6. The zero-order valence-corrected chi connectivity index (χ0v) is 19.8. The molecule has 174 valence electrons. The SMILES string of the molecule is Cc1c(-c2cnc(C)n2C2CCOCC2)ccnc1Nc1ccc(S(=O)(=O)N2CCC2)cc1. The molecule has 33 heavy (non-hydrogen) atoms. The van der Waals surface area contributed by atoms with Crippen molar-refractivity contribution in [3.05, 3.63) is 54.1 Å². The summed E-state index contributed by atoms with van der Waals surface area (Å²) in [5.41, 5.74) is 3.97. The average Bonchev–Trinajstić information content (AvgIpc) is 3.16. The molecule has 0 unspecified atom stereocenters. The van der Waals surface area contributed by atoms with Gasteiger partial charge in [0.1, 0.15) is 11.6 Å². The molecule has 0 saturated carbocycles. The number of pyridine rings is 1. The van der Waals surface area contributed by atoms with Gasteiger partial charge in [-0.25, -0.2) is 18.4 Å². The third-order valence-electron chi connectivity index (χ3n) is 6.59. The predicted molar refractivity (Wildman–Crippen MR) is 127 cm³/mol. The van der Waals surface area contributed by atoms with Gasteiger partial charge in [0.2, 0.25) is 10.0 Å². The van der Waals surface area contributed by atoms with Gasteiger partial charge in [-0.1, -0.05) is 0 Å². The maximum Gasteiger partial charge on any atom is 0.243 e. The smallest absolute Gasteiger partial charge is 0.243 e. The monoisotopic (exact) mass is 467 g/mol. The highest BCUT2D eigenvalue weighted by Gasteiger charge is 2.29. The molecule has 0 aliphatic carbocycles. The van der Waals surface area contributed by atoms with Gasteiger partial charge in [0.25, 0.3) is 0 Å². The minimum atomic E-state index is -3.38. The zero-order valence-electron chi connectivity index (χ0n) is 19.0. The van der Waals surface area contributed by atoms with Crippen LogP contribution in [0.15, 0.2) is 47.6 Å². The van der Waals surface area contributed by atoms with E-state index in [1.54, 1.807) is 30.5 Å². The Morgan fingerprint density at radius 2 is 1.76 bits per heavy atom. The van der Waals surface area contributed by atoms with Crippen LogP contribution in [0, 0.1) is 13.8 Å². The zero-order chi connectivity index (χ0) is 23.0. The van der Waals surface area contributed by atoms with Crippen LogP contribution in [0.25, 0.3) is 11.3 Å². The van der Waals surface area contributed by atoms with E-state index in [1.807, 2.05) is 26.1 Å². The second kappa shape index (κ2) is 8.89. The Labute approximate surface area is 194 Å². The van der Waals surface area contributed by atoms with E-state index in [0.717, 1.165) is 66.6 Å². The molecule has 1 N–H and O–H groups in total. The van der Waals surface area contributed by atoms with Gasteiger partial charge >= 0.3 is 0 Å². The summed E-state index contributed by atoms with van der Waals surface area (Å²) in [5, 5.41) is 3.35. The van der Waals surface area contributed by atoms with Gasteiger partial charge in [0.15, 0.2) is 0 Å². The van der Waals surface area contributed by atoms with Crippen LogP contribution in [0.1, 0.15) is 36.7 Å². The third-order valence-corrected chi connectivity index (χ3v) is 8.50. The minimum Gasteiger partial charge on any atom is -0.381 e. The maximum atomic E-state index is 12.6. The molecule has 3 aromatic rings. The lowest BCUT2D eigenvalue weighted by atomic mass is 10.0. The largest absolute Gasteiger partial charge is 0.381 e. The summed E-state index contributed by atoms with van der Waals surface area (Å²) in [4.78, 5) is 9.47. The van der Waals surface area contributed by atoms with Crippen molar-refractivity contribution in [3.63, 3.8) is 0 Å². The van der Waals surface area contributed by atoms with Crippen molar-refractivity contribution in [2.75, 3.05) is 31.6 Å². The van der Waals surface area contributed by atoms with Crippen molar-refractivity contribution in [3.8, 4) is 11.3 Å². The van der Waals surface area contributed by atoms with Gasteiger partial charge in [0.05, 0.1) is 16.8 Å². The molecule has 2 aliphatic heterocycles. The molecule has 0 atom stereocenters. The standard InChI is InChI=1S/C24H29N5O3S/c1-17-22(23-16-26-18(2)29(23)20-9-14-32-15-10-20)8-11-25-24(17)27-19-4-6-21(7-5-19)33(30,31)28-12-3-13-28/h4-8,11,16,20H,3,9-10,12-15H2,1-2H3,(H,25,27). The summed E-state index contributed by atoms with van der Waals surface area (Å²) >= 11 is 0. The number of nitrogens with one attached hydrogen (secondary N) is 1. The van der Waals surface area contributed by atoms with Crippen LogP contribution in [-0.4, -0.2) is 53.6 Å². The Bertz CT molecular complexity index is 1240. The molecule has 5 rings (SSSR count). The number of hydrogen-bond acceptors (Lipinski definition) is 6. The number of aryl methyl sites for hydroxylation is 1. The van der Waals surface area contributed by atoms with Gasteiger partial charge in [-0.15, -0.1) is 0 Å². The Hall–Kier alpha value is -2.75. The predicted octanol–water partition coefficient (Wildman–Crippen LogP) is 4.05.